The molecule has 0 spiro atoms. The first kappa shape index (κ1) is 36.9. The SMILES string of the molecule is C=C(C)[C@@H]1CC[C@]2(C(=O)N3CCN(C)CC3)CC[C@]3(C)[C@H](CC[C@@H]4[C@@]5(C)CC[C@H](OC(=O)CC(C)(C)CC(=O)O)C(C)(C)[C@@H]5CC[C@]43C)[C@@H]12. The summed E-state index contributed by atoms with van der Waals surface area (Å²) in [6, 6.07) is 0. The third-order valence-electron chi connectivity index (χ3n) is 16.7. The molecule has 1 heterocycles. The first-order valence-corrected chi connectivity index (χ1v) is 19.8. The monoisotopic (exact) mass is 681 g/mol. The van der Waals surface area contributed by atoms with E-state index in [0.29, 0.717) is 35.5 Å². The summed E-state index contributed by atoms with van der Waals surface area (Å²) in [5, 5.41) is 9.34. The molecule has 6 aliphatic rings. The van der Waals surface area contributed by atoms with Crippen LogP contribution in [0.2, 0.25) is 0 Å². The predicted octanol–water partition coefficient (Wildman–Crippen LogP) is 8.22. The Kier molecular flexibility index (Phi) is 9.31. The molecule has 1 amide bonds. The molecule has 7 nitrogen and oxygen atoms in total. The van der Waals surface area contributed by atoms with Gasteiger partial charge in [-0.2, -0.15) is 0 Å². The zero-order chi connectivity index (χ0) is 35.9. The van der Waals surface area contributed by atoms with Crippen molar-refractivity contribution in [1.82, 2.24) is 9.80 Å². The number of fused-ring (bicyclic) bond motifs is 7. The third-order valence-corrected chi connectivity index (χ3v) is 16.7. The average Bonchev–Trinajstić information content (AvgIpc) is 3.39. The molecule has 0 radical (unpaired) electrons. The molecule has 0 aromatic carbocycles. The van der Waals surface area contributed by atoms with Crippen molar-refractivity contribution in [2.24, 2.45) is 62.1 Å². The lowest BCUT2D eigenvalue weighted by Crippen LogP contribution is -2.67. The van der Waals surface area contributed by atoms with Crippen molar-refractivity contribution in [3.05, 3.63) is 12.2 Å². The number of carboxylic acid groups (broad SMARTS) is 1. The summed E-state index contributed by atoms with van der Waals surface area (Å²) >= 11 is 0. The second-order valence-corrected chi connectivity index (χ2v) is 20.2. The quantitative estimate of drug-likeness (QED) is 0.215. The number of likely N-dealkylation sites (N-methyl/N-ethyl adjacent to an activating group) is 1. The number of piperazine rings is 1. The van der Waals surface area contributed by atoms with Crippen molar-refractivity contribution in [2.45, 2.75) is 139 Å². The highest BCUT2D eigenvalue weighted by molar-refractivity contribution is 5.84. The number of rotatable bonds is 7. The smallest absolute Gasteiger partial charge is 0.306 e. The number of hydrogen-bond acceptors (Lipinski definition) is 5. The average molecular weight is 681 g/mol. The number of esters is 1. The Morgan fingerprint density at radius 3 is 2.12 bits per heavy atom. The number of carbonyl (C=O) groups excluding carboxylic acids is 2. The zero-order valence-electron chi connectivity index (χ0n) is 32.5. The number of hydrogen-bond donors (Lipinski definition) is 1. The first-order chi connectivity index (χ1) is 22.7. The van der Waals surface area contributed by atoms with Crippen LogP contribution in [0.5, 0.6) is 0 Å². The Hall–Kier alpha value is -1.89. The maximum atomic E-state index is 14.7. The van der Waals surface area contributed by atoms with Gasteiger partial charge in [-0.05, 0) is 129 Å². The molecule has 1 saturated heterocycles. The summed E-state index contributed by atoms with van der Waals surface area (Å²) < 4.78 is 6.28. The minimum Gasteiger partial charge on any atom is -0.481 e. The third kappa shape index (κ3) is 5.73. The standard InChI is InChI=1S/C42H68N2O5/c1-27(2)28-13-18-42(36(48)44-23-21-43(10)22-24-44)20-19-40(8)29(35(28)42)11-12-31-39(7)16-15-32(38(5,6)30(39)14-17-41(31,40)9)49-34(47)26-37(3,4)25-33(45)46/h28-32,35H,1,11-26H2,2-10H3,(H,45,46)/t28-,29+,30-,31+,32-,35+,39-,40+,41+,42-/m0/s1. The molecule has 1 N–H and O–H groups in total. The molecule has 10 atom stereocenters. The first-order valence-electron chi connectivity index (χ1n) is 19.8. The van der Waals surface area contributed by atoms with Crippen LogP contribution in [0.25, 0.3) is 0 Å². The van der Waals surface area contributed by atoms with E-state index in [1.54, 1.807) is 0 Å². The summed E-state index contributed by atoms with van der Waals surface area (Å²) in [6.07, 6.45) is 10.9. The summed E-state index contributed by atoms with van der Waals surface area (Å²) in [5.41, 5.74) is 0.763. The molecule has 6 fully saturated rings. The van der Waals surface area contributed by atoms with Crippen LogP contribution in [-0.4, -0.2) is 72.1 Å². The molecule has 0 aromatic rings. The van der Waals surface area contributed by atoms with Gasteiger partial charge in [0, 0.05) is 31.6 Å². The number of amides is 1. The van der Waals surface area contributed by atoms with Gasteiger partial charge in [0.2, 0.25) is 5.91 Å². The summed E-state index contributed by atoms with van der Waals surface area (Å²) in [7, 11) is 2.17. The van der Waals surface area contributed by atoms with E-state index in [2.05, 4.69) is 65.0 Å². The van der Waals surface area contributed by atoms with E-state index in [0.717, 1.165) is 71.1 Å². The van der Waals surface area contributed by atoms with Crippen LogP contribution in [-0.2, 0) is 19.1 Å². The zero-order valence-corrected chi connectivity index (χ0v) is 32.5. The van der Waals surface area contributed by atoms with E-state index < -0.39 is 11.4 Å². The van der Waals surface area contributed by atoms with Crippen LogP contribution in [0.1, 0.15) is 132 Å². The van der Waals surface area contributed by atoms with Crippen molar-refractivity contribution >= 4 is 17.8 Å². The predicted molar refractivity (Wildman–Crippen MR) is 194 cm³/mol. The topological polar surface area (TPSA) is 87.2 Å². The highest BCUT2D eigenvalue weighted by atomic mass is 16.5. The molecule has 276 valence electrons. The van der Waals surface area contributed by atoms with Crippen molar-refractivity contribution in [3.63, 3.8) is 0 Å². The van der Waals surface area contributed by atoms with Gasteiger partial charge in [0.05, 0.1) is 18.3 Å². The maximum Gasteiger partial charge on any atom is 0.306 e. The molecule has 49 heavy (non-hydrogen) atoms. The van der Waals surface area contributed by atoms with Crippen molar-refractivity contribution in [2.75, 3.05) is 33.2 Å². The number of ether oxygens (including phenoxy) is 1. The summed E-state index contributed by atoms with van der Waals surface area (Å²) in [4.78, 5) is 43.9. The number of allylic oxidation sites excluding steroid dienone is 1. The largest absolute Gasteiger partial charge is 0.481 e. The fraction of sp³-hybridized carbons (Fsp3) is 0.881. The highest BCUT2D eigenvalue weighted by Gasteiger charge is 2.72. The number of nitrogens with zero attached hydrogens (tertiary/aromatic N) is 2. The van der Waals surface area contributed by atoms with Crippen LogP contribution < -0.4 is 0 Å². The Morgan fingerprint density at radius 2 is 1.49 bits per heavy atom. The molecule has 5 saturated carbocycles. The molecule has 0 unspecified atom stereocenters. The van der Waals surface area contributed by atoms with Gasteiger partial charge in [-0.25, -0.2) is 0 Å². The van der Waals surface area contributed by atoms with E-state index in [9.17, 15) is 19.5 Å². The van der Waals surface area contributed by atoms with Gasteiger partial charge >= 0.3 is 11.9 Å². The molecule has 6 rings (SSSR count). The van der Waals surface area contributed by atoms with E-state index in [-0.39, 0.29) is 52.0 Å². The van der Waals surface area contributed by atoms with E-state index in [4.69, 9.17) is 4.74 Å². The second-order valence-electron chi connectivity index (χ2n) is 20.2. The van der Waals surface area contributed by atoms with E-state index in [1.807, 2.05) is 13.8 Å². The molecular formula is C42H68N2O5. The van der Waals surface area contributed by atoms with Crippen LogP contribution in [0.4, 0.5) is 0 Å². The van der Waals surface area contributed by atoms with Crippen molar-refractivity contribution in [1.29, 1.82) is 0 Å². The Morgan fingerprint density at radius 1 is 0.816 bits per heavy atom. The van der Waals surface area contributed by atoms with E-state index >= 15 is 0 Å². The van der Waals surface area contributed by atoms with Gasteiger partial charge in [0.1, 0.15) is 6.10 Å². The molecule has 0 bridgehead atoms. The Labute approximate surface area is 297 Å². The lowest BCUT2D eigenvalue weighted by atomic mass is 9.32. The fourth-order valence-corrected chi connectivity index (χ4v) is 14.1. The molecule has 7 heteroatoms. The number of carbonyl (C=O) groups is 3. The summed E-state index contributed by atoms with van der Waals surface area (Å²) in [5.74, 6) is 1.70. The van der Waals surface area contributed by atoms with Gasteiger partial charge in [0.25, 0.3) is 0 Å². The molecule has 0 aromatic heterocycles. The van der Waals surface area contributed by atoms with Gasteiger partial charge in [-0.1, -0.05) is 60.6 Å². The molecular weight excluding hydrogens is 612 g/mol. The lowest BCUT2D eigenvalue weighted by molar-refractivity contribution is -0.250. The van der Waals surface area contributed by atoms with Gasteiger partial charge in [-0.15, -0.1) is 0 Å². The fourth-order valence-electron chi connectivity index (χ4n) is 14.1. The second kappa shape index (κ2) is 12.4. The van der Waals surface area contributed by atoms with Crippen LogP contribution >= 0.6 is 0 Å². The minimum atomic E-state index is -0.881. The van der Waals surface area contributed by atoms with Crippen molar-refractivity contribution < 1.29 is 24.2 Å². The maximum absolute atomic E-state index is 14.7. The van der Waals surface area contributed by atoms with E-state index in [1.165, 1.54) is 24.8 Å². The van der Waals surface area contributed by atoms with Gasteiger partial charge in [0.15, 0.2) is 0 Å². The minimum absolute atomic E-state index is 0.0456. The van der Waals surface area contributed by atoms with Gasteiger partial charge in [-0.3, -0.25) is 14.4 Å². The van der Waals surface area contributed by atoms with Crippen LogP contribution in [0, 0.1) is 62.1 Å². The van der Waals surface area contributed by atoms with Gasteiger partial charge < -0.3 is 19.6 Å². The van der Waals surface area contributed by atoms with Crippen LogP contribution in [0.15, 0.2) is 12.2 Å². The molecule has 1 aliphatic heterocycles. The lowest BCUT2D eigenvalue weighted by Gasteiger charge is -2.73. The molecule has 5 aliphatic carbocycles. The highest BCUT2D eigenvalue weighted by Crippen LogP contribution is 2.77. The normalized spacial score (nSPS) is 43.4. The summed E-state index contributed by atoms with van der Waals surface area (Å²) in [6.45, 7) is 26.6. The Bertz CT molecular complexity index is 1350. The van der Waals surface area contributed by atoms with Crippen LogP contribution in [0.3, 0.4) is 0 Å². The Balaban J connectivity index is 1.25. The number of aliphatic carboxylic acids is 1. The van der Waals surface area contributed by atoms with Crippen molar-refractivity contribution in [3.8, 4) is 0 Å². The number of carboxylic acids is 1.